The van der Waals surface area contributed by atoms with Crippen LogP contribution in [0.1, 0.15) is 0 Å². The maximum atomic E-state index is 12.2. The third kappa shape index (κ3) is 2.48. The van der Waals surface area contributed by atoms with Crippen molar-refractivity contribution >= 4 is 28.3 Å². The van der Waals surface area contributed by atoms with Gasteiger partial charge in [-0.05, 0) is 11.5 Å². The molecule has 0 spiro atoms. The summed E-state index contributed by atoms with van der Waals surface area (Å²) in [4.78, 5) is 23.3. The molecule has 1 fully saturated rings. The number of nitrogens with one attached hydrogen (secondary N) is 3. The van der Waals surface area contributed by atoms with Gasteiger partial charge in [0.2, 0.25) is 11.8 Å². The second-order valence-corrected chi connectivity index (χ2v) is 4.75. The summed E-state index contributed by atoms with van der Waals surface area (Å²) >= 11 is 0. The van der Waals surface area contributed by atoms with Crippen LogP contribution in [0.5, 0.6) is 0 Å². The molecule has 0 aliphatic carbocycles. The molecule has 3 N–H and O–H groups in total. The average molecular weight is 269 g/mol. The molecule has 1 heterocycles. The van der Waals surface area contributed by atoms with Gasteiger partial charge in [-0.25, -0.2) is 0 Å². The Morgan fingerprint density at radius 1 is 1.15 bits per heavy atom. The van der Waals surface area contributed by atoms with Crippen LogP contribution in [0.2, 0.25) is 0 Å². The van der Waals surface area contributed by atoms with E-state index in [-0.39, 0.29) is 18.4 Å². The molecule has 1 aliphatic heterocycles. The van der Waals surface area contributed by atoms with Crippen LogP contribution < -0.4 is 16.0 Å². The van der Waals surface area contributed by atoms with Gasteiger partial charge in [0.05, 0.1) is 6.54 Å². The smallest absolute Gasteiger partial charge is 0.243 e. The molecule has 2 aromatic carbocycles. The fourth-order valence-corrected chi connectivity index (χ4v) is 2.31. The molecule has 0 saturated carbocycles. The van der Waals surface area contributed by atoms with Gasteiger partial charge in [-0.3, -0.25) is 14.9 Å². The number of amides is 2. The van der Waals surface area contributed by atoms with Gasteiger partial charge in [0.15, 0.2) is 0 Å². The summed E-state index contributed by atoms with van der Waals surface area (Å²) in [5, 5.41) is 10.6. The van der Waals surface area contributed by atoms with Crippen molar-refractivity contribution in [1.82, 2.24) is 10.6 Å². The summed E-state index contributed by atoms with van der Waals surface area (Å²) < 4.78 is 0. The lowest BCUT2D eigenvalue weighted by atomic mass is 10.1. The van der Waals surface area contributed by atoms with Crippen molar-refractivity contribution < 1.29 is 9.59 Å². The number of carbonyl (C=O) groups excluding carboxylic acids is 2. The molecule has 0 aromatic heterocycles. The zero-order chi connectivity index (χ0) is 13.9. The van der Waals surface area contributed by atoms with Crippen LogP contribution in [-0.4, -0.2) is 30.9 Å². The fraction of sp³-hybridized carbons (Fsp3) is 0.200. The zero-order valence-electron chi connectivity index (χ0n) is 10.8. The van der Waals surface area contributed by atoms with E-state index in [1.165, 1.54) is 0 Å². The van der Waals surface area contributed by atoms with E-state index in [2.05, 4.69) is 16.0 Å². The molecule has 1 atom stereocenters. The predicted molar refractivity (Wildman–Crippen MR) is 77.4 cm³/mol. The molecule has 20 heavy (non-hydrogen) atoms. The van der Waals surface area contributed by atoms with E-state index >= 15 is 0 Å². The summed E-state index contributed by atoms with van der Waals surface area (Å²) in [7, 11) is 0. The molecule has 0 radical (unpaired) electrons. The summed E-state index contributed by atoms with van der Waals surface area (Å²) in [5.41, 5.74) is 0.784. The number of hydrogen-bond acceptors (Lipinski definition) is 3. The molecule has 102 valence electrons. The largest absolute Gasteiger partial charge is 0.353 e. The maximum Gasteiger partial charge on any atom is 0.243 e. The number of fused-ring (bicyclic) bond motifs is 1. The first-order chi connectivity index (χ1) is 9.74. The number of anilines is 1. The van der Waals surface area contributed by atoms with Crippen LogP contribution in [0.15, 0.2) is 42.5 Å². The van der Waals surface area contributed by atoms with Crippen LogP contribution in [0.3, 0.4) is 0 Å². The number of benzene rings is 2. The molecule has 5 heteroatoms. The second-order valence-electron chi connectivity index (χ2n) is 4.75. The Hall–Kier alpha value is -2.40. The number of rotatable bonds is 2. The molecular weight excluding hydrogens is 254 g/mol. The van der Waals surface area contributed by atoms with Crippen molar-refractivity contribution in [2.45, 2.75) is 6.04 Å². The van der Waals surface area contributed by atoms with Gasteiger partial charge < -0.3 is 10.6 Å². The minimum absolute atomic E-state index is 0.0841. The van der Waals surface area contributed by atoms with E-state index in [4.69, 9.17) is 0 Å². The van der Waals surface area contributed by atoms with Crippen LogP contribution in [0.4, 0.5) is 5.69 Å². The van der Waals surface area contributed by atoms with Gasteiger partial charge in [0, 0.05) is 17.6 Å². The normalized spacial score (nSPS) is 18.6. The molecular formula is C15H15N3O2. The van der Waals surface area contributed by atoms with E-state index in [1.54, 1.807) is 0 Å². The third-order valence-corrected chi connectivity index (χ3v) is 3.38. The van der Waals surface area contributed by atoms with E-state index in [9.17, 15) is 9.59 Å². The van der Waals surface area contributed by atoms with Crippen molar-refractivity contribution in [3.05, 3.63) is 42.5 Å². The molecule has 2 amide bonds. The summed E-state index contributed by atoms with van der Waals surface area (Å²) in [6.45, 7) is 0.489. The second kappa shape index (κ2) is 5.30. The molecule has 3 rings (SSSR count). The lowest BCUT2D eigenvalue weighted by Gasteiger charge is -2.23. The number of piperazine rings is 1. The Morgan fingerprint density at radius 3 is 2.75 bits per heavy atom. The highest BCUT2D eigenvalue weighted by molar-refractivity contribution is 6.04. The lowest BCUT2D eigenvalue weighted by Crippen LogP contribution is -2.56. The third-order valence-electron chi connectivity index (χ3n) is 3.38. The van der Waals surface area contributed by atoms with Crippen molar-refractivity contribution in [3.63, 3.8) is 0 Å². The number of hydrogen-bond donors (Lipinski definition) is 3. The van der Waals surface area contributed by atoms with E-state index in [0.29, 0.717) is 6.54 Å². The minimum Gasteiger partial charge on any atom is -0.353 e. The number of carbonyl (C=O) groups is 2. The molecule has 2 aromatic rings. The molecule has 5 nitrogen and oxygen atoms in total. The molecule has 1 unspecified atom stereocenters. The van der Waals surface area contributed by atoms with E-state index < -0.39 is 6.04 Å². The quantitative estimate of drug-likeness (QED) is 0.757. The summed E-state index contributed by atoms with van der Waals surface area (Å²) in [5.74, 6) is -0.222. The highest BCUT2D eigenvalue weighted by atomic mass is 16.2. The average Bonchev–Trinajstić information content (AvgIpc) is 2.48. The Morgan fingerprint density at radius 2 is 1.95 bits per heavy atom. The lowest BCUT2D eigenvalue weighted by molar-refractivity contribution is -0.124. The van der Waals surface area contributed by atoms with Crippen LogP contribution in [0, 0.1) is 0 Å². The highest BCUT2D eigenvalue weighted by Gasteiger charge is 2.23. The zero-order valence-corrected chi connectivity index (χ0v) is 10.8. The molecule has 1 saturated heterocycles. The predicted octanol–water partition coefficient (Wildman–Crippen LogP) is 0.866. The van der Waals surface area contributed by atoms with Crippen molar-refractivity contribution in [2.75, 3.05) is 18.4 Å². The Kier molecular flexibility index (Phi) is 3.35. The molecule has 0 bridgehead atoms. The highest BCUT2D eigenvalue weighted by Crippen LogP contribution is 2.22. The molecule has 1 aliphatic rings. The summed E-state index contributed by atoms with van der Waals surface area (Å²) in [6.07, 6.45) is 0. The Bertz CT molecular complexity index is 654. The monoisotopic (exact) mass is 269 g/mol. The summed E-state index contributed by atoms with van der Waals surface area (Å²) in [6, 6.07) is 13.3. The van der Waals surface area contributed by atoms with Crippen molar-refractivity contribution in [2.24, 2.45) is 0 Å². The van der Waals surface area contributed by atoms with Crippen LogP contribution >= 0.6 is 0 Å². The first-order valence-electron chi connectivity index (χ1n) is 6.53. The van der Waals surface area contributed by atoms with Gasteiger partial charge in [-0.15, -0.1) is 0 Å². The Labute approximate surface area is 116 Å². The topological polar surface area (TPSA) is 70.2 Å². The van der Waals surface area contributed by atoms with Gasteiger partial charge in [0.25, 0.3) is 0 Å². The van der Waals surface area contributed by atoms with Gasteiger partial charge in [0.1, 0.15) is 6.04 Å². The first kappa shape index (κ1) is 12.6. The van der Waals surface area contributed by atoms with Crippen LogP contribution in [0.25, 0.3) is 10.8 Å². The van der Waals surface area contributed by atoms with E-state index in [0.717, 1.165) is 16.5 Å². The van der Waals surface area contributed by atoms with Gasteiger partial charge in [-0.2, -0.15) is 0 Å². The Balaban J connectivity index is 1.79. The van der Waals surface area contributed by atoms with Gasteiger partial charge in [-0.1, -0.05) is 36.4 Å². The fourth-order valence-electron chi connectivity index (χ4n) is 2.31. The maximum absolute atomic E-state index is 12.2. The van der Waals surface area contributed by atoms with E-state index in [1.807, 2.05) is 42.5 Å². The van der Waals surface area contributed by atoms with Crippen LogP contribution in [-0.2, 0) is 9.59 Å². The van der Waals surface area contributed by atoms with Crippen molar-refractivity contribution in [3.8, 4) is 0 Å². The van der Waals surface area contributed by atoms with Gasteiger partial charge >= 0.3 is 0 Å². The SMILES string of the molecule is O=C1CNC(C(=O)Nc2cccc3ccccc23)CN1. The minimum atomic E-state index is -0.397. The first-order valence-corrected chi connectivity index (χ1v) is 6.53. The standard InChI is InChI=1S/C15H15N3O2/c19-14-9-16-13(8-17-14)15(20)18-12-7-3-5-10-4-1-2-6-11(10)12/h1-7,13,16H,8-9H2,(H,17,19)(H,18,20). The van der Waals surface area contributed by atoms with Crippen molar-refractivity contribution in [1.29, 1.82) is 0 Å².